The molecule has 26 heavy (non-hydrogen) atoms. The standard InChI is InChI=1S/C18H21N7O/c1-23(2)17-14-11-13(3-4-15(14)19-12-20-17)24-7-9-25(10-8-24)18(26)16-5-6-21-22-16/h3-6,11-12H,7-10H2,1-2H3,(H,21,22). The van der Waals surface area contributed by atoms with E-state index in [2.05, 4.69) is 37.2 Å². The number of carbonyl (C=O) groups excluding carboxylic acids is 1. The molecule has 1 amide bonds. The van der Waals surface area contributed by atoms with Gasteiger partial charge in [-0.3, -0.25) is 9.89 Å². The average Bonchev–Trinajstić information content (AvgIpc) is 3.21. The molecule has 4 rings (SSSR count). The maximum Gasteiger partial charge on any atom is 0.271 e. The van der Waals surface area contributed by atoms with Crippen molar-refractivity contribution >= 4 is 28.3 Å². The first-order chi connectivity index (χ1) is 12.6. The van der Waals surface area contributed by atoms with Crippen molar-refractivity contribution in [1.29, 1.82) is 0 Å². The first-order valence-corrected chi connectivity index (χ1v) is 8.59. The van der Waals surface area contributed by atoms with E-state index in [1.807, 2.05) is 30.0 Å². The highest BCUT2D eigenvalue weighted by molar-refractivity contribution is 5.93. The van der Waals surface area contributed by atoms with Crippen LogP contribution in [0.3, 0.4) is 0 Å². The molecule has 0 radical (unpaired) electrons. The summed E-state index contributed by atoms with van der Waals surface area (Å²) in [4.78, 5) is 27.3. The van der Waals surface area contributed by atoms with Crippen LogP contribution in [0, 0.1) is 0 Å². The topological polar surface area (TPSA) is 81.2 Å². The van der Waals surface area contributed by atoms with E-state index in [-0.39, 0.29) is 5.91 Å². The zero-order chi connectivity index (χ0) is 18.1. The minimum absolute atomic E-state index is 0.00366. The van der Waals surface area contributed by atoms with Crippen molar-refractivity contribution in [2.75, 3.05) is 50.1 Å². The van der Waals surface area contributed by atoms with Crippen LogP contribution in [0.4, 0.5) is 11.5 Å². The summed E-state index contributed by atoms with van der Waals surface area (Å²) in [5, 5.41) is 7.63. The Morgan fingerprint density at radius 1 is 1.12 bits per heavy atom. The number of carbonyl (C=O) groups is 1. The summed E-state index contributed by atoms with van der Waals surface area (Å²) in [5.41, 5.74) is 2.60. The van der Waals surface area contributed by atoms with E-state index in [4.69, 9.17) is 0 Å². The van der Waals surface area contributed by atoms with E-state index in [1.165, 1.54) is 0 Å². The molecule has 0 saturated carbocycles. The van der Waals surface area contributed by atoms with Crippen LogP contribution in [-0.2, 0) is 0 Å². The molecule has 1 N–H and O–H groups in total. The van der Waals surface area contributed by atoms with E-state index in [1.54, 1.807) is 18.6 Å². The number of fused-ring (bicyclic) bond motifs is 1. The molecule has 1 saturated heterocycles. The molecule has 134 valence electrons. The fourth-order valence-electron chi connectivity index (χ4n) is 3.30. The third-order valence-corrected chi connectivity index (χ3v) is 4.68. The van der Waals surface area contributed by atoms with Gasteiger partial charge in [-0.2, -0.15) is 5.10 Å². The van der Waals surface area contributed by atoms with Crippen molar-refractivity contribution in [3.63, 3.8) is 0 Å². The lowest BCUT2D eigenvalue weighted by Gasteiger charge is -2.36. The Hall–Kier alpha value is -3.16. The van der Waals surface area contributed by atoms with E-state index in [0.29, 0.717) is 18.8 Å². The van der Waals surface area contributed by atoms with Gasteiger partial charge in [0.1, 0.15) is 17.8 Å². The van der Waals surface area contributed by atoms with E-state index >= 15 is 0 Å². The van der Waals surface area contributed by atoms with E-state index < -0.39 is 0 Å². The highest BCUT2D eigenvalue weighted by Crippen LogP contribution is 2.27. The van der Waals surface area contributed by atoms with Gasteiger partial charge in [0, 0.05) is 57.5 Å². The zero-order valence-corrected chi connectivity index (χ0v) is 14.9. The summed E-state index contributed by atoms with van der Waals surface area (Å²) in [6.45, 7) is 2.94. The molecule has 8 heteroatoms. The zero-order valence-electron chi connectivity index (χ0n) is 14.9. The van der Waals surface area contributed by atoms with E-state index in [0.717, 1.165) is 35.5 Å². The van der Waals surface area contributed by atoms with Gasteiger partial charge in [0.2, 0.25) is 0 Å². The molecule has 8 nitrogen and oxygen atoms in total. The lowest BCUT2D eigenvalue weighted by Crippen LogP contribution is -2.48. The third-order valence-electron chi connectivity index (χ3n) is 4.68. The summed E-state index contributed by atoms with van der Waals surface area (Å²) in [6, 6.07) is 7.96. The Balaban J connectivity index is 1.52. The molecule has 1 aromatic carbocycles. The highest BCUT2D eigenvalue weighted by atomic mass is 16.2. The molecule has 0 aliphatic carbocycles. The minimum Gasteiger partial charge on any atom is -0.368 e. The summed E-state index contributed by atoms with van der Waals surface area (Å²) >= 11 is 0. The lowest BCUT2D eigenvalue weighted by atomic mass is 10.1. The average molecular weight is 351 g/mol. The van der Waals surface area contributed by atoms with Crippen LogP contribution >= 0.6 is 0 Å². The predicted molar refractivity (Wildman–Crippen MR) is 101 cm³/mol. The van der Waals surface area contributed by atoms with Gasteiger partial charge >= 0.3 is 0 Å². The maximum absolute atomic E-state index is 12.4. The Bertz CT molecular complexity index is 914. The molecule has 1 aliphatic heterocycles. The van der Waals surface area contributed by atoms with Gasteiger partial charge in [-0.1, -0.05) is 0 Å². The molecule has 3 heterocycles. The molecule has 2 aromatic heterocycles. The maximum atomic E-state index is 12.4. The first kappa shape index (κ1) is 16.3. The number of rotatable bonds is 3. The quantitative estimate of drug-likeness (QED) is 0.768. The highest BCUT2D eigenvalue weighted by Gasteiger charge is 2.23. The second-order valence-corrected chi connectivity index (χ2v) is 6.54. The van der Waals surface area contributed by atoms with Crippen LogP contribution in [0.2, 0.25) is 0 Å². The molecule has 3 aromatic rings. The van der Waals surface area contributed by atoms with Gasteiger partial charge < -0.3 is 14.7 Å². The number of aromatic nitrogens is 4. The first-order valence-electron chi connectivity index (χ1n) is 8.59. The molecule has 1 fully saturated rings. The predicted octanol–water partition coefficient (Wildman–Crippen LogP) is 1.38. The van der Waals surface area contributed by atoms with Crippen LogP contribution in [0.15, 0.2) is 36.8 Å². The number of hydrogen-bond donors (Lipinski definition) is 1. The number of amides is 1. The van der Waals surface area contributed by atoms with Crippen molar-refractivity contribution in [3.8, 4) is 0 Å². The Kier molecular flexibility index (Phi) is 4.16. The Labute approximate surface area is 151 Å². The number of benzene rings is 1. The molecular weight excluding hydrogens is 330 g/mol. The van der Waals surface area contributed by atoms with Crippen molar-refractivity contribution in [3.05, 3.63) is 42.5 Å². The third kappa shape index (κ3) is 2.94. The number of aromatic amines is 1. The van der Waals surface area contributed by atoms with E-state index in [9.17, 15) is 4.79 Å². The summed E-state index contributed by atoms with van der Waals surface area (Å²) in [5.74, 6) is 0.911. The minimum atomic E-state index is 0.00366. The van der Waals surface area contributed by atoms with Gasteiger partial charge in [-0.05, 0) is 24.3 Å². The monoisotopic (exact) mass is 351 g/mol. The number of hydrogen-bond acceptors (Lipinski definition) is 6. The lowest BCUT2D eigenvalue weighted by molar-refractivity contribution is 0.0741. The van der Waals surface area contributed by atoms with Crippen molar-refractivity contribution < 1.29 is 4.79 Å². The van der Waals surface area contributed by atoms with Gasteiger partial charge in [-0.25, -0.2) is 9.97 Å². The Morgan fingerprint density at radius 2 is 1.92 bits per heavy atom. The molecule has 0 unspecified atom stereocenters. The van der Waals surface area contributed by atoms with Gasteiger partial charge in [0.15, 0.2) is 0 Å². The van der Waals surface area contributed by atoms with Crippen molar-refractivity contribution in [2.24, 2.45) is 0 Å². The number of piperazine rings is 1. The summed E-state index contributed by atoms with van der Waals surface area (Å²) in [6.07, 6.45) is 3.19. The Morgan fingerprint density at radius 3 is 2.62 bits per heavy atom. The number of nitrogens with one attached hydrogen (secondary N) is 1. The van der Waals surface area contributed by atoms with Crippen LogP contribution in [0.5, 0.6) is 0 Å². The van der Waals surface area contributed by atoms with Crippen LogP contribution in [0.25, 0.3) is 10.9 Å². The summed E-state index contributed by atoms with van der Waals surface area (Å²) < 4.78 is 0. The summed E-state index contributed by atoms with van der Waals surface area (Å²) in [7, 11) is 3.96. The smallest absolute Gasteiger partial charge is 0.271 e. The molecular formula is C18H21N7O. The van der Waals surface area contributed by atoms with Gasteiger partial charge in [0.25, 0.3) is 5.91 Å². The number of H-pyrrole nitrogens is 1. The second kappa shape index (κ2) is 6.62. The molecule has 0 bridgehead atoms. The second-order valence-electron chi connectivity index (χ2n) is 6.54. The molecule has 0 spiro atoms. The fourth-order valence-corrected chi connectivity index (χ4v) is 3.30. The van der Waals surface area contributed by atoms with Gasteiger partial charge in [-0.15, -0.1) is 0 Å². The largest absolute Gasteiger partial charge is 0.368 e. The van der Waals surface area contributed by atoms with Gasteiger partial charge in [0.05, 0.1) is 5.52 Å². The van der Waals surface area contributed by atoms with Crippen LogP contribution < -0.4 is 9.80 Å². The van der Waals surface area contributed by atoms with Crippen LogP contribution in [-0.4, -0.2) is 71.2 Å². The number of nitrogens with zero attached hydrogens (tertiary/aromatic N) is 6. The van der Waals surface area contributed by atoms with Crippen molar-refractivity contribution in [2.45, 2.75) is 0 Å². The SMILES string of the molecule is CN(C)c1ncnc2ccc(N3CCN(C(=O)c4ccn[nH]4)CC3)cc12. The normalized spacial score (nSPS) is 14.7. The molecule has 1 aliphatic rings. The van der Waals surface area contributed by atoms with Crippen LogP contribution in [0.1, 0.15) is 10.5 Å². The number of anilines is 2. The molecule has 0 atom stereocenters. The fraction of sp³-hybridized carbons (Fsp3) is 0.333. The van der Waals surface area contributed by atoms with Crippen molar-refractivity contribution in [1.82, 2.24) is 25.1 Å².